The first-order valence-electron chi connectivity index (χ1n) is 8.25. The van der Waals surface area contributed by atoms with Gasteiger partial charge in [0.15, 0.2) is 0 Å². The van der Waals surface area contributed by atoms with Gasteiger partial charge in [0.2, 0.25) is 0 Å². The van der Waals surface area contributed by atoms with Gasteiger partial charge in [0.05, 0.1) is 0 Å². The quantitative estimate of drug-likeness (QED) is 0.862. The fraction of sp³-hybridized carbons (Fsp3) is 0.647. The first kappa shape index (κ1) is 17.7. The van der Waals surface area contributed by atoms with E-state index in [0.29, 0.717) is 6.42 Å². The standard InChI is InChI=1S/C17H28N4O2/c1-4-20-7-9-21(10-8-20)13-14-5-6-15(19-12-14)11-17(2,3)23-16(18)22/h5-6,12H,4,7-11,13H2,1-3H3,(H2,18,22). The SMILES string of the molecule is CCN1CCN(Cc2ccc(CC(C)(C)OC(N)=O)nc2)CC1. The number of likely N-dealkylation sites (N-methyl/N-ethyl adjacent to an activating group) is 1. The Hall–Kier alpha value is -1.66. The molecule has 0 spiro atoms. The molecule has 1 saturated heterocycles. The van der Waals surface area contributed by atoms with Crippen LogP contribution in [-0.4, -0.2) is 59.2 Å². The number of carbonyl (C=O) groups excluding carboxylic acids is 1. The van der Waals surface area contributed by atoms with Crippen LogP contribution in [0.1, 0.15) is 32.0 Å². The van der Waals surface area contributed by atoms with Gasteiger partial charge in [-0.2, -0.15) is 0 Å². The van der Waals surface area contributed by atoms with Crippen LogP contribution in [0.3, 0.4) is 0 Å². The van der Waals surface area contributed by atoms with E-state index in [4.69, 9.17) is 10.5 Å². The molecule has 2 rings (SSSR count). The van der Waals surface area contributed by atoms with Gasteiger partial charge in [-0.25, -0.2) is 4.79 Å². The summed E-state index contributed by atoms with van der Waals surface area (Å²) in [7, 11) is 0. The molecule has 0 bridgehead atoms. The second-order valence-corrected chi connectivity index (χ2v) is 6.73. The molecule has 2 N–H and O–H groups in total. The molecule has 0 unspecified atom stereocenters. The summed E-state index contributed by atoms with van der Waals surface area (Å²) in [6.07, 6.45) is 1.71. The van der Waals surface area contributed by atoms with Gasteiger partial charge in [-0.3, -0.25) is 9.88 Å². The Morgan fingerprint density at radius 1 is 1.26 bits per heavy atom. The highest BCUT2D eigenvalue weighted by molar-refractivity contribution is 5.65. The van der Waals surface area contributed by atoms with E-state index in [1.165, 1.54) is 5.56 Å². The molecule has 1 fully saturated rings. The maximum atomic E-state index is 10.9. The van der Waals surface area contributed by atoms with Gasteiger partial charge in [0.1, 0.15) is 5.60 Å². The Kier molecular flexibility index (Phi) is 5.96. The summed E-state index contributed by atoms with van der Waals surface area (Å²) in [5.74, 6) is 0. The Morgan fingerprint density at radius 3 is 2.43 bits per heavy atom. The molecule has 0 aromatic carbocycles. The minimum absolute atomic E-state index is 0.547. The largest absolute Gasteiger partial charge is 0.443 e. The van der Waals surface area contributed by atoms with Crippen LogP contribution in [-0.2, 0) is 17.7 Å². The lowest BCUT2D eigenvalue weighted by atomic mass is 10.0. The molecule has 0 saturated carbocycles. The number of hydrogen-bond acceptors (Lipinski definition) is 5. The molecule has 1 aromatic rings. The topological polar surface area (TPSA) is 71.7 Å². The number of ether oxygens (including phenoxy) is 1. The van der Waals surface area contributed by atoms with Gasteiger partial charge in [0, 0.05) is 51.0 Å². The van der Waals surface area contributed by atoms with Crippen LogP contribution in [0, 0.1) is 0 Å². The number of primary amides is 1. The van der Waals surface area contributed by atoms with Crippen molar-refractivity contribution in [1.29, 1.82) is 0 Å². The number of nitrogens with zero attached hydrogens (tertiary/aromatic N) is 3. The van der Waals surface area contributed by atoms with Crippen molar-refractivity contribution < 1.29 is 9.53 Å². The van der Waals surface area contributed by atoms with E-state index in [2.05, 4.69) is 27.8 Å². The Bertz CT molecular complexity index is 508. The number of hydrogen-bond donors (Lipinski definition) is 1. The normalized spacial score (nSPS) is 17.2. The molecular weight excluding hydrogens is 292 g/mol. The van der Waals surface area contributed by atoms with Crippen LogP contribution >= 0.6 is 0 Å². The van der Waals surface area contributed by atoms with Crippen LogP contribution < -0.4 is 5.73 Å². The van der Waals surface area contributed by atoms with E-state index in [1.807, 2.05) is 26.1 Å². The van der Waals surface area contributed by atoms with Crippen molar-refractivity contribution in [2.24, 2.45) is 5.73 Å². The number of nitrogens with two attached hydrogens (primary N) is 1. The minimum atomic E-state index is -0.752. The molecular formula is C17H28N4O2. The molecule has 23 heavy (non-hydrogen) atoms. The molecule has 1 aliphatic heterocycles. The Balaban J connectivity index is 1.86. The Labute approximate surface area is 138 Å². The molecule has 6 nitrogen and oxygen atoms in total. The van der Waals surface area contributed by atoms with Gasteiger partial charge < -0.3 is 15.4 Å². The molecule has 128 valence electrons. The third-order valence-corrected chi connectivity index (χ3v) is 4.19. The highest BCUT2D eigenvalue weighted by Gasteiger charge is 2.23. The number of aromatic nitrogens is 1. The summed E-state index contributed by atoms with van der Waals surface area (Å²) in [6.45, 7) is 12.4. The van der Waals surface area contributed by atoms with E-state index in [-0.39, 0.29) is 0 Å². The zero-order valence-electron chi connectivity index (χ0n) is 14.4. The van der Waals surface area contributed by atoms with E-state index < -0.39 is 11.7 Å². The Morgan fingerprint density at radius 2 is 1.91 bits per heavy atom. The summed E-state index contributed by atoms with van der Waals surface area (Å²) in [5, 5.41) is 0. The average Bonchev–Trinajstić information content (AvgIpc) is 2.48. The third kappa shape index (κ3) is 5.80. The lowest BCUT2D eigenvalue weighted by Crippen LogP contribution is -2.45. The first-order chi connectivity index (χ1) is 10.9. The molecule has 1 amide bonds. The van der Waals surface area contributed by atoms with Crippen molar-refractivity contribution in [1.82, 2.24) is 14.8 Å². The highest BCUT2D eigenvalue weighted by Crippen LogP contribution is 2.16. The van der Waals surface area contributed by atoms with Crippen molar-refractivity contribution in [3.8, 4) is 0 Å². The van der Waals surface area contributed by atoms with Crippen molar-refractivity contribution >= 4 is 6.09 Å². The maximum Gasteiger partial charge on any atom is 0.405 e. The molecule has 0 radical (unpaired) electrons. The molecule has 1 aromatic heterocycles. The van der Waals surface area contributed by atoms with Crippen molar-refractivity contribution in [3.05, 3.63) is 29.6 Å². The number of piperazine rings is 1. The summed E-state index contributed by atoms with van der Waals surface area (Å²) in [6, 6.07) is 4.11. The summed E-state index contributed by atoms with van der Waals surface area (Å²) in [4.78, 5) is 20.3. The number of amides is 1. The van der Waals surface area contributed by atoms with Crippen molar-refractivity contribution in [2.75, 3.05) is 32.7 Å². The van der Waals surface area contributed by atoms with Crippen LogP contribution in [0.4, 0.5) is 4.79 Å². The molecule has 2 heterocycles. The number of carbonyl (C=O) groups is 1. The highest BCUT2D eigenvalue weighted by atomic mass is 16.6. The first-order valence-corrected chi connectivity index (χ1v) is 8.25. The predicted molar refractivity (Wildman–Crippen MR) is 90.1 cm³/mol. The van der Waals surface area contributed by atoms with Gasteiger partial charge in [-0.15, -0.1) is 0 Å². The minimum Gasteiger partial charge on any atom is -0.443 e. The lowest BCUT2D eigenvalue weighted by Gasteiger charge is -2.34. The van der Waals surface area contributed by atoms with E-state index in [9.17, 15) is 4.79 Å². The second-order valence-electron chi connectivity index (χ2n) is 6.73. The summed E-state index contributed by atoms with van der Waals surface area (Å²) in [5.41, 5.74) is 6.56. The third-order valence-electron chi connectivity index (χ3n) is 4.19. The molecule has 6 heteroatoms. The van der Waals surface area contributed by atoms with E-state index in [1.54, 1.807) is 0 Å². The fourth-order valence-corrected chi connectivity index (χ4v) is 2.92. The van der Waals surface area contributed by atoms with Crippen LogP contribution in [0.5, 0.6) is 0 Å². The molecule has 0 atom stereocenters. The summed E-state index contributed by atoms with van der Waals surface area (Å²) < 4.78 is 5.10. The van der Waals surface area contributed by atoms with Gasteiger partial charge >= 0.3 is 6.09 Å². The zero-order valence-corrected chi connectivity index (χ0v) is 14.4. The van der Waals surface area contributed by atoms with Crippen LogP contribution in [0.2, 0.25) is 0 Å². The average molecular weight is 320 g/mol. The number of rotatable bonds is 6. The summed E-state index contributed by atoms with van der Waals surface area (Å²) >= 11 is 0. The molecule has 0 aliphatic carbocycles. The van der Waals surface area contributed by atoms with E-state index >= 15 is 0 Å². The second kappa shape index (κ2) is 7.75. The maximum absolute atomic E-state index is 10.9. The number of pyridine rings is 1. The van der Waals surface area contributed by atoms with Crippen molar-refractivity contribution in [2.45, 2.75) is 39.3 Å². The van der Waals surface area contributed by atoms with Crippen molar-refractivity contribution in [3.63, 3.8) is 0 Å². The zero-order chi connectivity index (χ0) is 16.9. The van der Waals surface area contributed by atoms with Crippen LogP contribution in [0.25, 0.3) is 0 Å². The fourth-order valence-electron chi connectivity index (χ4n) is 2.92. The van der Waals surface area contributed by atoms with Gasteiger partial charge in [-0.05, 0) is 32.0 Å². The predicted octanol–water partition coefficient (Wildman–Crippen LogP) is 1.64. The monoisotopic (exact) mass is 320 g/mol. The molecule has 1 aliphatic rings. The van der Waals surface area contributed by atoms with Gasteiger partial charge in [-0.1, -0.05) is 13.0 Å². The smallest absolute Gasteiger partial charge is 0.405 e. The van der Waals surface area contributed by atoms with Gasteiger partial charge in [0.25, 0.3) is 0 Å². The lowest BCUT2D eigenvalue weighted by molar-refractivity contribution is 0.0453. The van der Waals surface area contributed by atoms with E-state index in [0.717, 1.165) is 45.0 Å². The van der Waals surface area contributed by atoms with Crippen LogP contribution in [0.15, 0.2) is 18.3 Å².